The van der Waals surface area contributed by atoms with Crippen LogP contribution in [0.2, 0.25) is 0 Å². The Morgan fingerprint density at radius 2 is 1.84 bits per heavy atom. The lowest BCUT2D eigenvalue weighted by atomic mass is 10.2. The number of halogens is 1. The molecule has 2 aliphatic rings. The van der Waals surface area contributed by atoms with Crippen molar-refractivity contribution in [3.8, 4) is 0 Å². The van der Waals surface area contributed by atoms with Gasteiger partial charge in [0.25, 0.3) is 5.91 Å². The smallest absolute Gasteiger partial charge is 0.264 e. The van der Waals surface area contributed by atoms with E-state index in [2.05, 4.69) is 4.98 Å². The zero-order chi connectivity index (χ0) is 25.8. The predicted molar refractivity (Wildman–Crippen MR) is 137 cm³/mol. The van der Waals surface area contributed by atoms with Crippen LogP contribution in [0.5, 0.6) is 0 Å². The topological polar surface area (TPSA) is 90.7 Å². The molecule has 2 aromatic heterocycles. The Bertz CT molecular complexity index is 1300. The summed E-state index contributed by atoms with van der Waals surface area (Å²) in [5.41, 5.74) is 1.10. The molecule has 0 unspecified atom stereocenters. The van der Waals surface area contributed by atoms with E-state index in [4.69, 9.17) is 9.47 Å². The van der Waals surface area contributed by atoms with Crippen LogP contribution in [0.4, 0.5) is 4.39 Å². The van der Waals surface area contributed by atoms with Gasteiger partial charge in [-0.25, -0.2) is 17.8 Å². The molecule has 0 aliphatic carbocycles. The van der Waals surface area contributed by atoms with Crippen LogP contribution in [-0.2, 0) is 38.2 Å². The van der Waals surface area contributed by atoms with Crippen LogP contribution in [0.3, 0.4) is 0 Å². The van der Waals surface area contributed by atoms with Crippen LogP contribution in [0.15, 0.2) is 53.1 Å². The minimum atomic E-state index is -3.85. The van der Waals surface area contributed by atoms with E-state index in [9.17, 15) is 17.6 Å². The van der Waals surface area contributed by atoms with Gasteiger partial charge in [0.2, 0.25) is 15.0 Å². The number of sulfone groups is 1. The fraction of sp³-hybridized carbons (Fsp3) is 0.462. The third kappa shape index (κ3) is 6.28. The highest BCUT2D eigenvalue weighted by molar-refractivity contribution is 7.90. The number of hydrogen-bond acceptors (Lipinski definition) is 7. The number of thiophene rings is 1. The highest BCUT2D eigenvalue weighted by atomic mass is 32.2. The highest BCUT2D eigenvalue weighted by Gasteiger charge is 2.30. The second-order valence-corrected chi connectivity index (χ2v) is 12.3. The van der Waals surface area contributed by atoms with Crippen molar-refractivity contribution in [2.75, 3.05) is 19.8 Å². The first-order valence-electron chi connectivity index (χ1n) is 12.5. The van der Waals surface area contributed by atoms with Gasteiger partial charge in [-0.15, -0.1) is 11.3 Å². The molecule has 2 atom stereocenters. The van der Waals surface area contributed by atoms with E-state index in [1.807, 2.05) is 11.4 Å². The Morgan fingerprint density at radius 3 is 2.49 bits per heavy atom. The third-order valence-electron chi connectivity index (χ3n) is 6.68. The summed E-state index contributed by atoms with van der Waals surface area (Å²) < 4.78 is 53.6. The first kappa shape index (κ1) is 26.0. The molecule has 4 heterocycles. The van der Waals surface area contributed by atoms with Crippen LogP contribution in [0.25, 0.3) is 0 Å². The third-order valence-corrected chi connectivity index (χ3v) is 9.13. The van der Waals surface area contributed by atoms with Crippen molar-refractivity contribution in [1.29, 1.82) is 0 Å². The second kappa shape index (κ2) is 11.4. The van der Waals surface area contributed by atoms with Crippen LogP contribution in [0.1, 0.15) is 46.6 Å². The number of amides is 1. The lowest BCUT2D eigenvalue weighted by Gasteiger charge is -2.26. The average molecular weight is 548 g/mol. The van der Waals surface area contributed by atoms with E-state index >= 15 is 0 Å². The molecule has 0 N–H and O–H groups in total. The first-order valence-corrected chi connectivity index (χ1v) is 15.0. The minimum Gasteiger partial charge on any atom is -0.376 e. The Labute approximate surface area is 219 Å². The molecule has 1 aromatic carbocycles. The Morgan fingerprint density at radius 1 is 1.11 bits per heavy atom. The van der Waals surface area contributed by atoms with Crippen LogP contribution in [0, 0.1) is 5.82 Å². The molecule has 37 heavy (non-hydrogen) atoms. The number of carbonyl (C=O) groups excluding carboxylic acids is 1. The number of imidazole rings is 1. The molecule has 2 aliphatic heterocycles. The van der Waals surface area contributed by atoms with Crippen molar-refractivity contribution in [2.24, 2.45) is 0 Å². The number of aromatic nitrogens is 2. The number of benzene rings is 1. The normalized spacial score (nSPS) is 19.9. The number of carbonyl (C=O) groups is 1. The summed E-state index contributed by atoms with van der Waals surface area (Å²) in [5, 5.41) is 1.79. The number of hydrogen-bond donors (Lipinski definition) is 0. The minimum absolute atomic E-state index is 0.0554. The summed E-state index contributed by atoms with van der Waals surface area (Å²) in [7, 11) is -3.85. The fourth-order valence-electron chi connectivity index (χ4n) is 4.82. The maximum atomic E-state index is 13.5. The molecule has 3 aromatic rings. The summed E-state index contributed by atoms with van der Waals surface area (Å²) in [6, 6.07) is 9.04. The van der Waals surface area contributed by atoms with Crippen molar-refractivity contribution in [1.82, 2.24) is 14.5 Å². The van der Waals surface area contributed by atoms with Gasteiger partial charge in [0.05, 0.1) is 47.8 Å². The SMILES string of the molecule is O=C(c1cccs1)N(Cc1cnc(S(=O)(=O)Cc2ccc(F)cc2)n1C[C@H]1CCCO1)C[C@@H]1CCCO1. The molecule has 198 valence electrons. The highest BCUT2D eigenvalue weighted by Crippen LogP contribution is 2.24. The molecule has 0 bridgehead atoms. The molecule has 0 spiro atoms. The summed E-state index contributed by atoms with van der Waals surface area (Å²) in [5.74, 6) is -0.848. The van der Waals surface area contributed by atoms with Gasteiger partial charge in [0, 0.05) is 19.8 Å². The summed E-state index contributed by atoms with van der Waals surface area (Å²) >= 11 is 1.37. The monoisotopic (exact) mass is 547 g/mol. The fourth-order valence-corrected chi connectivity index (χ4v) is 7.02. The van der Waals surface area contributed by atoms with Gasteiger partial charge < -0.3 is 18.9 Å². The maximum Gasteiger partial charge on any atom is 0.264 e. The number of rotatable bonds is 10. The summed E-state index contributed by atoms with van der Waals surface area (Å²) in [6.07, 6.45) is 4.91. The summed E-state index contributed by atoms with van der Waals surface area (Å²) in [6.45, 7) is 2.25. The quantitative estimate of drug-likeness (QED) is 0.380. The van der Waals surface area contributed by atoms with Gasteiger partial charge in [-0.05, 0) is 54.8 Å². The van der Waals surface area contributed by atoms with Gasteiger partial charge in [0.15, 0.2) is 0 Å². The summed E-state index contributed by atoms with van der Waals surface area (Å²) in [4.78, 5) is 20.1. The van der Waals surface area contributed by atoms with Crippen LogP contribution in [-0.4, -0.2) is 60.7 Å². The van der Waals surface area contributed by atoms with Crippen LogP contribution >= 0.6 is 11.3 Å². The van der Waals surface area contributed by atoms with E-state index in [-0.39, 0.29) is 35.6 Å². The van der Waals surface area contributed by atoms with Crippen molar-refractivity contribution >= 4 is 27.1 Å². The molecule has 2 saturated heterocycles. The molecule has 2 fully saturated rings. The van der Waals surface area contributed by atoms with Gasteiger partial charge >= 0.3 is 0 Å². The van der Waals surface area contributed by atoms with E-state index in [0.717, 1.165) is 25.7 Å². The van der Waals surface area contributed by atoms with E-state index < -0.39 is 15.7 Å². The molecule has 11 heteroatoms. The van der Waals surface area contributed by atoms with Gasteiger partial charge in [-0.1, -0.05) is 18.2 Å². The zero-order valence-electron chi connectivity index (χ0n) is 20.4. The molecule has 1 amide bonds. The first-order chi connectivity index (χ1) is 17.9. The van der Waals surface area contributed by atoms with Gasteiger partial charge in [-0.2, -0.15) is 0 Å². The van der Waals surface area contributed by atoms with Gasteiger partial charge in [0.1, 0.15) is 5.82 Å². The average Bonchev–Trinajstić information content (AvgIpc) is 3.69. The second-order valence-electron chi connectivity index (χ2n) is 9.46. The number of ether oxygens (including phenoxy) is 2. The molecule has 0 saturated carbocycles. The molecule has 5 rings (SSSR count). The van der Waals surface area contributed by atoms with Crippen LogP contribution < -0.4 is 0 Å². The zero-order valence-corrected chi connectivity index (χ0v) is 22.1. The van der Waals surface area contributed by atoms with Crippen molar-refractivity contribution in [3.63, 3.8) is 0 Å². The Kier molecular flexibility index (Phi) is 8.04. The molecular formula is C26H30FN3O5S2. The molecule has 8 nitrogen and oxygen atoms in total. The van der Waals surface area contributed by atoms with E-state index in [0.29, 0.717) is 42.4 Å². The molecule has 0 radical (unpaired) electrons. The predicted octanol–water partition coefficient (Wildman–Crippen LogP) is 4.06. The molecular weight excluding hydrogens is 517 g/mol. The van der Waals surface area contributed by atoms with Crippen molar-refractivity contribution in [2.45, 2.75) is 61.9 Å². The maximum absolute atomic E-state index is 13.5. The standard InChI is InChI=1S/C26H30FN3O5S2/c27-20-9-7-19(8-10-20)18-37(32,33)26-28-14-21(30(26)17-23-5-2-12-35-23)15-29(16-22-4-1-11-34-22)25(31)24-6-3-13-36-24/h3,6-10,13-14,22-23H,1-2,4-5,11-12,15-18H2/t22-,23+/m0/s1. The van der Waals surface area contributed by atoms with Gasteiger partial charge in [-0.3, -0.25) is 4.79 Å². The largest absolute Gasteiger partial charge is 0.376 e. The van der Waals surface area contributed by atoms with E-state index in [1.54, 1.807) is 15.5 Å². The van der Waals surface area contributed by atoms with Crippen molar-refractivity contribution < 1.29 is 27.1 Å². The Balaban J connectivity index is 1.45. The van der Waals surface area contributed by atoms with E-state index in [1.165, 1.54) is 41.8 Å². The lowest BCUT2D eigenvalue weighted by molar-refractivity contribution is 0.0500. The van der Waals surface area contributed by atoms with Crippen molar-refractivity contribution in [3.05, 3.63) is 69.9 Å². The Hall–Kier alpha value is -2.60. The number of nitrogens with zero attached hydrogens (tertiary/aromatic N) is 3. The lowest BCUT2D eigenvalue weighted by Crippen LogP contribution is -2.37.